The maximum atomic E-state index is 13.0. The van der Waals surface area contributed by atoms with Crippen molar-refractivity contribution in [1.82, 2.24) is 5.32 Å². The van der Waals surface area contributed by atoms with E-state index in [2.05, 4.69) is 40.7 Å². The van der Waals surface area contributed by atoms with Crippen LogP contribution in [-0.4, -0.2) is 107 Å². The lowest BCUT2D eigenvalue weighted by atomic mass is 9.99. The van der Waals surface area contributed by atoms with Gasteiger partial charge < -0.3 is 40.3 Å². The molecule has 0 aromatic carbocycles. The number of ether oxygens (including phenoxy) is 2. The predicted octanol–water partition coefficient (Wildman–Crippen LogP) is 10.8. The number of amides is 1. The zero-order valence-electron chi connectivity index (χ0n) is 42.1. The van der Waals surface area contributed by atoms with E-state index in [-0.39, 0.29) is 6.42 Å². The average Bonchev–Trinajstić information content (AvgIpc) is 3.30. The van der Waals surface area contributed by atoms with Gasteiger partial charge in [-0.05, 0) is 44.9 Å². The van der Waals surface area contributed by atoms with Crippen LogP contribution in [0.25, 0.3) is 0 Å². The van der Waals surface area contributed by atoms with Crippen molar-refractivity contribution >= 4 is 16.3 Å². The van der Waals surface area contributed by atoms with Crippen LogP contribution in [0.2, 0.25) is 0 Å². The zero-order valence-corrected chi connectivity index (χ0v) is 42.9. The lowest BCUT2D eigenvalue weighted by Crippen LogP contribution is -2.61. The van der Waals surface area contributed by atoms with E-state index < -0.39 is 78.5 Å². The summed E-state index contributed by atoms with van der Waals surface area (Å²) in [6, 6.07) is -1.12. The molecule has 0 aromatic rings. The number of hydrogen-bond donors (Lipinski definition) is 7. The molecular formula is C53H99NO12S. The van der Waals surface area contributed by atoms with Crippen LogP contribution in [0.4, 0.5) is 0 Å². The molecule has 1 rings (SSSR count). The fraction of sp³-hybridized carbons (Fsp3) is 0.868. The van der Waals surface area contributed by atoms with E-state index >= 15 is 0 Å². The Morgan fingerprint density at radius 3 is 1.49 bits per heavy atom. The maximum Gasteiger partial charge on any atom is 0.397 e. The Balaban J connectivity index is 2.11. The maximum absolute atomic E-state index is 13.0. The van der Waals surface area contributed by atoms with Gasteiger partial charge in [0.25, 0.3) is 0 Å². The van der Waals surface area contributed by atoms with Crippen molar-refractivity contribution < 1.29 is 57.0 Å². The van der Waals surface area contributed by atoms with E-state index in [1.165, 1.54) is 167 Å². The molecule has 0 aliphatic carbocycles. The van der Waals surface area contributed by atoms with Gasteiger partial charge >= 0.3 is 10.4 Å². The summed E-state index contributed by atoms with van der Waals surface area (Å²) in [6.45, 7) is 3.04. The van der Waals surface area contributed by atoms with Crippen LogP contribution in [0.1, 0.15) is 232 Å². The molecule has 0 aromatic heterocycles. The van der Waals surface area contributed by atoms with Crippen LogP contribution < -0.4 is 5.32 Å². The van der Waals surface area contributed by atoms with Gasteiger partial charge in [0, 0.05) is 0 Å². The normalized spacial score (nSPS) is 20.6. The van der Waals surface area contributed by atoms with E-state index in [1.54, 1.807) is 6.08 Å². The first-order chi connectivity index (χ1) is 32.4. The molecular weight excluding hydrogens is 875 g/mol. The Morgan fingerprint density at radius 2 is 1.04 bits per heavy atom. The minimum absolute atomic E-state index is 0.242. The molecule has 14 heteroatoms. The summed E-state index contributed by atoms with van der Waals surface area (Å²) in [5.41, 5.74) is 0. The predicted molar refractivity (Wildman–Crippen MR) is 270 cm³/mol. The van der Waals surface area contributed by atoms with Crippen molar-refractivity contribution in [2.24, 2.45) is 0 Å². The number of aliphatic hydroxyl groups excluding tert-OH is 5. The number of rotatable bonds is 46. The second kappa shape index (κ2) is 43.1. The van der Waals surface area contributed by atoms with Gasteiger partial charge in [0.1, 0.15) is 30.5 Å². The molecule has 1 aliphatic rings. The van der Waals surface area contributed by atoms with Gasteiger partial charge in [0.15, 0.2) is 6.29 Å². The average molecular weight is 974 g/mol. The molecule has 8 atom stereocenters. The zero-order chi connectivity index (χ0) is 49.2. The summed E-state index contributed by atoms with van der Waals surface area (Å²) in [5.74, 6) is -0.710. The van der Waals surface area contributed by atoms with E-state index in [1.807, 2.05) is 6.92 Å². The molecule has 1 heterocycles. The molecule has 394 valence electrons. The van der Waals surface area contributed by atoms with E-state index in [4.69, 9.17) is 14.0 Å². The summed E-state index contributed by atoms with van der Waals surface area (Å²) in [7, 11) is -5.11. The summed E-state index contributed by atoms with van der Waals surface area (Å²) >= 11 is 0. The molecule has 1 aliphatic heterocycles. The fourth-order valence-corrected chi connectivity index (χ4v) is 8.99. The molecule has 0 radical (unpaired) electrons. The molecule has 1 saturated heterocycles. The lowest BCUT2D eigenvalue weighted by Gasteiger charge is -2.41. The fourth-order valence-electron chi connectivity index (χ4n) is 8.48. The largest absolute Gasteiger partial charge is 0.397 e. The van der Waals surface area contributed by atoms with Crippen molar-refractivity contribution in [3.05, 3.63) is 36.5 Å². The number of carbonyl (C=O) groups excluding carboxylic acids is 1. The Morgan fingerprint density at radius 1 is 0.612 bits per heavy atom. The number of hydrogen-bond acceptors (Lipinski definition) is 11. The van der Waals surface area contributed by atoms with E-state index in [0.717, 1.165) is 38.5 Å². The third-order valence-corrected chi connectivity index (χ3v) is 13.2. The first-order valence-corrected chi connectivity index (χ1v) is 28.3. The number of unbranched alkanes of at least 4 members (excludes halogenated alkanes) is 29. The van der Waals surface area contributed by atoms with Gasteiger partial charge in [0.05, 0.1) is 25.4 Å². The SMILES string of the molecule is CCCC/C=C/C(O)C(COC1OC(CO)C(O)C(OS(=O)(=O)O)C1O)NC(=O)C(O)CCCCCCCCCCCCCCCCCC/C=C\C/C=C\CCCCCCCCCCCCC. The second-order valence-electron chi connectivity index (χ2n) is 19.0. The third-order valence-electron chi connectivity index (χ3n) is 12.8. The first-order valence-electron chi connectivity index (χ1n) is 27.0. The summed E-state index contributed by atoms with van der Waals surface area (Å²) in [6.07, 6.45) is 42.3. The number of nitrogens with one attached hydrogen (secondary N) is 1. The topological polar surface area (TPSA) is 212 Å². The number of carbonyl (C=O) groups is 1. The lowest BCUT2D eigenvalue weighted by molar-refractivity contribution is -0.298. The van der Waals surface area contributed by atoms with Gasteiger partial charge in [-0.1, -0.05) is 224 Å². The minimum Gasteiger partial charge on any atom is -0.394 e. The minimum atomic E-state index is -5.11. The quantitative estimate of drug-likeness (QED) is 0.0173. The van der Waals surface area contributed by atoms with Crippen LogP contribution in [0.15, 0.2) is 36.5 Å². The highest BCUT2D eigenvalue weighted by molar-refractivity contribution is 7.80. The standard InChI is InChI=1S/C53H99NO12S/c1-3-5-7-9-10-11-12-13-14-15-16-17-18-19-20-21-22-23-24-25-26-27-28-29-30-31-32-33-34-35-36-37-38-40-42-47(57)52(60)54-45(46(56)41-39-8-6-4-2)44-64-53-50(59)51(66-67(61,62)63)49(58)48(43-55)65-53/h18-19,21-22,39,41,45-51,53,55-59H,3-17,20,23-38,40,42-44H2,1-2H3,(H,54,60)(H,61,62,63)/b19-18-,22-21-,41-39+. The van der Waals surface area contributed by atoms with Crippen LogP contribution >= 0.6 is 0 Å². The van der Waals surface area contributed by atoms with Crippen molar-refractivity contribution in [2.75, 3.05) is 13.2 Å². The highest BCUT2D eigenvalue weighted by Crippen LogP contribution is 2.26. The van der Waals surface area contributed by atoms with E-state index in [9.17, 15) is 38.7 Å². The summed E-state index contributed by atoms with van der Waals surface area (Å²) < 4.78 is 47.2. The molecule has 1 fully saturated rings. The van der Waals surface area contributed by atoms with Gasteiger partial charge in [0.2, 0.25) is 5.91 Å². The molecule has 8 unspecified atom stereocenters. The third kappa shape index (κ3) is 35.1. The first kappa shape index (κ1) is 63.3. The van der Waals surface area contributed by atoms with E-state index in [0.29, 0.717) is 12.8 Å². The smallest absolute Gasteiger partial charge is 0.394 e. The molecule has 0 saturated carbocycles. The Hall–Kier alpha value is -1.72. The van der Waals surface area contributed by atoms with Crippen molar-refractivity contribution in [3.8, 4) is 0 Å². The van der Waals surface area contributed by atoms with Crippen molar-refractivity contribution in [3.63, 3.8) is 0 Å². The molecule has 0 spiro atoms. The van der Waals surface area contributed by atoms with Gasteiger partial charge in [-0.2, -0.15) is 8.42 Å². The van der Waals surface area contributed by atoms with Gasteiger partial charge in [-0.25, -0.2) is 4.18 Å². The second-order valence-corrected chi connectivity index (χ2v) is 20.0. The summed E-state index contributed by atoms with van der Waals surface area (Å²) in [4.78, 5) is 13.0. The Bertz CT molecular complexity index is 1350. The van der Waals surface area contributed by atoms with Crippen LogP contribution in [-0.2, 0) is 28.9 Å². The molecule has 0 bridgehead atoms. The monoisotopic (exact) mass is 974 g/mol. The molecule has 1 amide bonds. The highest BCUT2D eigenvalue weighted by Gasteiger charge is 2.48. The van der Waals surface area contributed by atoms with Gasteiger partial charge in [-0.3, -0.25) is 9.35 Å². The van der Waals surface area contributed by atoms with Crippen molar-refractivity contribution in [2.45, 2.75) is 281 Å². The highest BCUT2D eigenvalue weighted by atomic mass is 32.3. The number of allylic oxidation sites excluding steroid dienone is 5. The molecule has 7 N–H and O–H groups in total. The number of aliphatic hydroxyl groups is 5. The van der Waals surface area contributed by atoms with Crippen LogP contribution in [0, 0.1) is 0 Å². The van der Waals surface area contributed by atoms with Crippen molar-refractivity contribution in [1.29, 1.82) is 0 Å². The van der Waals surface area contributed by atoms with Crippen LogP contribution in [0.3, 0.4) is 0 Å². The Labute approximate surface area is 408 Å². The Kier molecular flexibility index (Phi) is 40.7. The molecule has 13 nitrogen and oxygen atoms in total. The molecule has 67 heavy (non-hydrogen) atoms. The van der Waals surface area contributed by atoms with Gasteiger partial charge in [-0.15, -0.1) is 0 Å². The van der Waals surface area contributed by atoms with Crippen LogP contribution in [0.5, 0.6) is 0 Å². The summed E-state index contributed by atoms with van der Waals surface area (Å²) in [5, 5.41) is 54.7.